The van der Waals surface area contributed by atoms with Gasteiger partial charge in [0, 0.05) is 6.54 Å². The van der Waals surface area contributed by atoms with Crippen LogP contribution in [0.25, 0.3) is 0 Å². The number of sulfone groups is 1. The Morgan fingerprint density at radius 2 is 1.74 bits per heavy atom. The lowest BCUT2D eigenvalue weighted by atomic mass is 10.1. The van der Waals surface area contributed by atoms with Crippen molar-refractivity contribution in [2.24, 2.45) is 0 Å². The maximum Gasteiger partial charge on any atom is 0.501 e. The normalized spacial score (nSPS) is 13.4. The van der Waals surface area contributed by atoms with Gasteiger partial charge >= 0.3 is 5.51 Å². The topological polar surface area (TPSA) is 66.4 Å². The third-order valence-corrected chi connectivity index (χ3v) is 3.74. The second-order valence-corrected chi connectivity index (χ2v) is 6.52. The van der Waals surface area contributed by atoms with E-state index in [2.05, 4.69) is 5.32 Å². The monoisotopic (exact) mass is 297 g/mol. The first-order valence-corrected chi connectivity index (χ1v) is 6.80. The highest BCUT2D eigenvalue weighted by Gasteiger charge is 2.47. The van der Waals surface area contributed by atoms with Crippen LogP contribution in [0.5, 0.6) is 0 Å². The molecule has 0 aliphatic carbocycles. The van der Waals surface area contributed by atoms with E-state index in [1.807, 2.05) is 0 Å². The summed E-state index contributed by atoms with van der Waals surface area (Å²) in [6, 6.07) is 4.69. The zero-order valence-electron chi connectivity index (χ0n) is 10.3. The molecule has 0 aromatic heterocycles. The van der Waals surface area contributed by atoms with E-state index < -0.39 is 25.8 Å². The molecule has 0 atom stereocenters. The average molecular weight is 297 g/mol. The first kappa shape index (κ1) is 15.8. The summed E-state index contributed by atoms with van der Waals surface area (Å²) in [5, 5.41) is 12.0. The highest BCUT2D eigenvalue weighted by molar-refractivity contribution is 7.92. The molecule has 0 unspecified atom stereocenters. The number of alkyl halides is 3. The van der Waals surface area contributed by atoms with Crippen molar-refractivity contribution in [1.29, 1.82) is 0 Å². The van der Waals surface area contributed by atoms with E-state index >= 15 is 0 Å². The Balaban J connectivity index is 3.18. The lowest BCUT2D eigenvalue weighted by molar-refractivity contribution is -0.0435. The molecule has 0 saturated carbocycles. The van der Waals surface area contributed by atoms with Gasteiger partial charge in [0.2, 0.25) is 0 Å². The van der Waals surface area contributed by atoms with Gasteiger partial charge < -0.3 is 10.4 Å². The van der Waals surface area contributed by atoms with E-state index in [0.29, 0.717) is 0 Å². The van der Waals surface area contributed by atoms with Gasteiger partial charge in [-0.1, -0.05) is 12.1 Å². The smallest absolute Gasteiger partial charge is 0.389 e. The first-order chi connectivity index (χ1) is 8.45. The molecule has 0 spiro atoms. The van der Waals surface area contributed by atoms with Crippen molar-refractivity contribution in [3.05, 3.63) is 24.3 Å². The molecule has 108 valence electrons. The molecule has 0 aliphatic heterocycles. The Kier molecular flexibility index (Phi) is 4.16. The summed E-state index contributed by atoms with van der Waals surface area (Å²) in [5.74, 6) is 0. The van der Waals surface area contributed by atoms with Crippen molar-refractivity contribution >= 4 is 15.5 Å². The molecule has 19 heavy (non-hydrogen) atoms. The zero-order valence-corrected chi connectivity index (χ0v) is 11.1. The van der Waals surface area contributed by atoms with Crippen molar-refractivity contribution in [2.45, 2.75) is 29.9 Å². The second-order valence-electron chi connectivity index (χ2n) is 4.61. The fourth-order valence-electron chi connectivity index (χ4n) is 1.28. The summed E-state index contributed by atoms with van der Waals surface area (Å²) < 4.78 is 60.3. The maximum absolute atomic E-state index is 12.5. The van der Waals surface area contributed by atoms with Crippen molar-refractivity contribution in [2.75, 3.05) is 11.9 Å². The number of nitrogens with one attached hydrogen (secondary N) is 1. The highest BCUT2D eigenvalue weighted by atomic mass is 32.2. The molecule has 0 amide bonds. The lowest BCUT2D eigenvalue weighted by Gasteiger charge is -2.20. The Bertz CT molecular complexity index is 547. The number of anilines is 1. The van der Waals surface area contributed by atoms with Crippen molar-refractivity contribution in [3.8, 4) is 0 Å². The average Bonchev–Trinajstić information content (AvgIpc) is 2.24. The third-order valence-electron chi connectivity index (χ3n) is 2.19. The van der Waals surface area contributed by atoms with Crippen molar-refractivity contribution < 1.29 is 26.7 Å². The highest BCUT2D eigenvalue weighted by Crippen LogP contribution is 2.34. The van der Waals surface area contributed by atoms with E-state index in [1.54, 1.807) is 0 Å². The van der Waals surface area contributed by atoms with E-state index in [-0.39, 0.29) is 12.2 Å². The van der Waals surface area contributed by atoms with Crippen LogP contribution in [0.2, 0.25) is 0 Å². The predicted molar refractivity (Wildman–Crippen MR) is 64.5 cm³/mol. The minimum atomic E-state index is -5.42. The quantitative estimate of drug-likeness (QED) is 0.894. The number of halogens is 3. The number of benzene rings is 1. The third kappa shape index (κ3) is 3.84. The molecule has 0 aliphatic rings. The minimum absolute atomic E-state index is 0.0859. The molecule has 2 N–H and O–H groups in total. The fraction of sp³-hybridized carbons (Fsp3) is 0.455. The van der Waals surface area contributed by atoms with Gasteiger partial charge in [0.25, 0.3) is 9.84 Å². The molecule has 1 rings (SSSR count). The van der Waals surface area contributed by atoms with Crippen LogP contribution in [-0.2, 0) is 9.84 Å². The van der Waals surface area contributed by atoms with E-state index in [4.69, 9.17) is 0 Å². The molecular formula is C11H14F3NO3S. The molecule has 1 aromatic carbocycles. The van der Waals surface area contributed by atoms with Gasteiger partial charge in [0.1, 0.15) is 0 Å². The van der Waals surface area contributed by atoms with Crippen molar-refractivity contribution in [3.63, 3.8) is 0 Å². The van der Waals surface area contributed by atoms with Gasteiger partial charge in [0.15, 0.2) is 0 Å². The van der Waals surface area contributed by atoms with Crippen LogP contribution in [-0.4, -0.2) is 31.2 Å². The van der Waals surface area contributed by atoms with E-state index in [0.717, 1.165) is 6.07 Å². The summed E-state index contributed by atoms with van der Waals surface area (Å²) in [6.07, 6.45) is 0. The van der Waals surface area contributed by atoms with Crippen LogP contribution >= 0.6 is 0 Å². The number of aliphatic hydroxyl groups is 1. The van der Waals surface area contributed by atoms with Gasteiger partial charge in [-0.2, -0.15) is 13.2 Å². The molecule has 0 saturated heterocycles. The standard InChI is InChI=1S/C11H14F3NO3S/c1-10(2,16)7-15-8-5-3-4-6-9(8)19(17,18)11(12,13)14/h3-6,15-16H,7H2,1-2H3. The molecule has 8 heteroatoms. The van der Waals surface area contributed by atoms with Crippen LogP contribution in [0.15, 0.2) is 29.2 Å². The zero-order chi connectivity index (χ0) is 14.9. The number of para-hydroxylation sites is 1. The van der Waals surface area contributed by atoms with Crippen LogP contribution in [0.3, 0.4) is 0 Å². The first-order valence-electron chi connectivity index (χ1n) is 5.32. The Hall–Kier alpha value is -1.28. The summed E-state index contributed by atoms with van der Waals surface area (Å²) in [7, 11) is -5.42. The fourth-order valence-corrected chi connectivity index (χ4v) is 2.22. The Morgan fingerprint density at radius 3 is 2.21 bits per heavy atom. The molecule has 0 bridgehead atoms. The van der Waals surface area contributed by atoms with Gasteiger partial charge in [-0.3, -0.25) is 0 Å². The largest absolute Gasteiger partial charge is 0.501 e. The van der Waals surface area contributed by atoms with Crippen LogP contribution in [0, 0.1) is 0 Å². The Labute approximate surface area is 109 Å². The van der Waals surface area contributed by atoms with Gasteiger partial charge in [-0.25, -0.2) is 8.42 Å². The molecule has 0 heterocycles. The maximum atomic E-state index is 12.5. The molecule has 0 fully saturated rings. The Morgan fingerprint density at radius 1 is 1.21 bits per heavy atom. The number of hydrogen-bond donors (Lipinski definition) is 2. The number of rotatable bonds is 4. The van der Waals surface area contributed by atoms with Crippen LogP contribution < -0.4 is 5.32 Å². The molecule has 0 radical (unpaired) electrons. The SMILES string of the molecule is CC(C)(O)CNc1ccccc1S(=O)(=O)C(F)(F)F. The van der Waals surface area contributed by atoms with Gasteiger partial charge in [-0.15, -0.1) is 0 Å². The summed E-state index contributed by atoms with van der Waals surface area (Å²) in [6.45, 7) is 2.80. The minimum Gasteiger partial charge on any atom is -0.389 e. The van der Waals surface area contributed by atoms with Gasteiger partial charge in [-0.05, 0) is 26.0 Å². The summed E-state index contributed by atoms with van der Waals surface area (Å²) in [4.78, 5) is -0.855. The summed E-state index contributed by atoms with van der Waals surface area (Å²) in [5.41, 5.74) is -6.74. The molecule has 1 aromatic rings. The predicted octanol–water partition coefficient (Wildman–Crippen LogP) is 2.16. The van der Waals surface area contributed by atoms with Crippen LogP contribution in [0.4, 0.5) is 18.9 Å². The van der Waals surface area contributed by atoms with Crippen molar-refractivity contribution in [1.82, 2.24) is 0 Å². The summed E-state index contributed by atoms with van der Waals surface area (Å²) >= 11 is 0. The van der Waals surface area contributed by atoms with E-state index in [9.17, 15) is 26.7 Å². The lowest BCUT2D eigenvalue weighted by Crippen LogP contribution is -2.30. The van der Waals surface area contributed by atoms with E-state index in [1.165, 1.54) is 32.0 Å². The number of hydrogen-bond acceptors (Lipinski definition) is 4. The van der Waals surface area contributed by atoms with Crippen LogP contribution in [0.1, 0.15) is 13.8 Å². The molecule has 4 nitrogen and oxygen atoms in total. The van der Waals surface area contributed by atoms with Gasteiger partial charge in [0.05, 0.1) is 16.2 Å². The molecular weight excluding hydrogens is 283 g/mol. The second kappa shape index (κ2) is 5.01.